The third-order valence-corrected chi connectivity index (χ3v) is 8.06. The zero-order valence-corrected chi connectivity index (χ0v) is 24.5. The zero-order valence-electron chi connectivity index (χ0n) is 22.4. The van der Waals surface area contributed by atoms with Gasteiger partial charge in [-0.15, -0.1) is 0 Å². The van der Waals surface area contributed by atoms with Crippen molar-refractivity contribution in [2.24, 2.45) is 5.92 Å². The maximum absolute atomic E-state index is 13.6. The molecule has 0 radical (unpaired) electrons. The number of ether oxygens (including phenoxy) is 4. The van der Waals surface area contributed by atoms with Crippen molar-refractivity contribution < 1.29 is 43.5 Å². The highest BCUT2D eigenvalue weighted by Gasteiger charge is 2.44. The van der Waals surface area contributed by atoms with Gasteiger partial charge in [0.2, 0.25) is 18.6 Å². The number of amides is 2. The van der Waals surface area contributed by atoms with E-state index in [-0.39, 0.29) is 44.7 Å². The lowest BCUT2D eigenvalue weighted by Gasteiger charge is -2.41. The average molecular weight is 678 g/mol. The number of halogens is 1. The van der Waals surface area contributed by atoms with Gasteiger partial charge < -0.3 is 39.4 Å². The summed E-state index contributed by atoms with van der Waals surface area (Å²) in [5.41, 5.74) is 1.50. The van der Waals surface area contributed by atoms with Crippen LogP contribution in [0.15, 0.2) is 42.0 Å². The van der Waals surface area contributed by atoms with Crippen LogP contribution in [-0.4, -0.2) is 78.5 Å². The number of carbonyl (C=O) groups is 3. The number of benzene rings is 2. The van der Waals surface area contributed by atoms with E-state index >= 15 is 0 Å². The van der Waals surface area contributed by atoms with Gasteiger partial charge in [-0.3, -0.25) is 14.4 Å². The minimum absolute atomic E-state index is 0.0513. The first kappa shape index (κ1) is 29.1. The van der Waals surface area contributed by atoms with Crippen molar-refractivity contribution in [3.05, 3.63) is 56.7 Å². The Hall–Kier alpha value is -3.36. The molecule has 2 aliphatic carbocycles. The summed E-state index contributed by atoms with van der Waals surface area (Å²) in [5.74, 6) is 1.11. The quantitative estimate of drug-likeness (QED) is 0.241. The fraction of sp³-hybridized carbons (Fsp3) is 0.414. The maximum Gasteiger partial charge on any atom is 0.247 e. The molecule has 2 aromatic carbocycles. The largest absolute Gasteiger partial charge is 0.493 e. The van der Waals surface area contributed by atoms with Gasteiger partial charge in [-0.05, 0) is 71.3 Å². The van der Waals surface area contributed by atoms with Crippen molar-refractivity contribution >= 4 is 40.7 Å². The number of hydrogen-bond donors (Lipinski definition) is 3. The van der Waals surface area contributed by atoms with Crippen LogP contribution in [0.1, 0.15) is 35.2 Å². The molecule has 12 heteroatoms. The molecule has 1 heterocycles. The summed E-state index contributed by atoms with van der Waals surface area (Å²) in [4.78, 5) is 39.7. The van der Waals surface area contributed by atoms with Crippen LogP contribution in [-0.2, 0) is 16.1 Å². The molecule has 3 atom stereocenters. The van der Waals surface area contributed by atoms with Crippen LogP contribution in [0.25, 0.3) is 0 Å². The summed E-state index contributed by atoms with van der Waals surface area (Å²) in [5, 5.41) is 23.6. The number of aliphatic hydroxyl groups excluding tert-OH is 2. The van der Waals surface area contributed by atoms with Crippen molar-refractivity contribution in [3.63, 3.8) is 0 Å². The van der Waals surface area contributed by atoms with Crippen LogP contribution in [0.4, 0.5) is 0 Å². The third kappa shape index (κ3) is 6.44. The van der Waals surface area contributed by atoms with E-state index in [2.05, 4.69) is 5.32 Å². The summed E-state index contributed by atoms with van der Waals surface area (Å²) >= 11 is 2.01. The van der Waals surface area contributed by atoms with Gasteiger partial charge in [0, 0.05) is 36.6 Å². The first-order chi connectivity index (χ1) is 19.8. The Morgan fingerprint density at radius 2 is 1.98 bits per heavy atom. The Balaban J connectivity index is 1.49. The molecule has 2 amide bonds. The second-order valence-corrected chi connectivity index (χ2v) is 11.3. The zero-order chi connectivity index (χ0) is 29.1. The van der Waals surface area contributed by atoms with E-state index in [1.807, 2.05) is 34.7 Å². The van der Waals surface area contributed by atoms with Crippen LogP contribution in [0, 0.1) is 9.49 Å². The Morgan fingerprint density at radius 1 is 1.20 bits per heavy atom. The van der Waals surface area contributed by atoms with Gasteiger partial charge in [0.05, 0.1) is 23.3 Å². The normalized spacial score (nSPS) is 21.1. The molecule has 1 saturated carbocycles. The molecular formula is C29H31IN2O9. The van der Waals surface area contributed by atoms with E-state index in [1.54, 1.807) is 17.0 Å². The fourth-order valence-corrected chi connectivity index (χ4v) is 5.75. The molecule has 3 unspecified atom stereocenters. The summed E-state index contributed by atoms with van der Waals surface area (Å²) < 4.78 is 23.2. The van der Waals surface area contributed by atoms with Crippen LogP contribution < -0.4 is 24.3 Å². The third-order valence-electron chi connectivity index (χ3n) is 7.26. The SMILES string of the molecule is COc1cc(C=O)cc(I)c1OC1C=C(C(=O)NCCO)CC(N(Cc2ccc3c(c2)OCO3)C(=O)C2CC2)C1O. The van der Waals surface area contributed by atoms with E-state index in [4.69, 9.17) is 18.9 Å². The van der Waals surface area contributed by atoms with Crippen molar-refractivity contribution in [2.75, 3.05) is 27.1 Å². The maximum atomic E-state index is 13.6. The van der Waals surface area contributed by atoms with E-state index in [1.165, 1.54) is 19.3 Å². The van der Waals surface area contributed by atoms with E-state index < -0.39 is 24.2 Å². The smallest absolute Gasteiger partial charge is 0.247 e. The second-order valence-electron chi connectivity index (χ2n) is 10.1. The number of nitrogens with zero attached hydrogens (tertiary/aromatic N) is 1. The van der Waals surface area contributed by atoms with Gasteiger partial charge in [-0.1, -0.05) is 6.07 Å². The monoisotopic (exact) mass is 678 g/mol. The Bertz CT molecular complexity index is 1360. The number of hydrogen-bond acceptors (Lipinski definition) is 9. The molecule has 41 heavy (non-hydrogen) atoms. The van der Waals surface area contributed by atoms with Gasteiger partial charge in [-0.2, -0.15) is 0 Å². The molecule has 1 fully saturated rings. The van der Waals surface area contributed by atoms with Gasteiger partial charge in [0.1, 0.15) is 18.5 Å². The van der Waals surface area contributed by atoms with Gasteiger partial charge >= 0.3 is 0 Å². The van der Waals surface area contributed by atoms with E-state index in [0.29, 0.717) is 44.0 Å². The van der Waals surface area contributed by atoms with Crippen LogP contribution in [0.2, 0.25) is 0 Å². The Morgan fingerprint density at radius 3 is 2.68 bits per heavy atom. The number of aliphatic hydroxyl groups is 2. The predicted octanol–water partition coefficient (Wildman–Crippen LogP) is 2.20. The summed E-state index contributed by atoms with van der Waals surface area (Å²) in [6.07, 6.45) is 1.61. The molecule has 3 N–H and O–H groups in total. The molecule has 2 aromatic rings. The topological polar surface area (TPSA) is 144 Å². The lowest BCUT2D eigenvalue weighted by atomic mass is 9.87. The van der Waals surface area contributed by atoms with Crippen LogP contribution in [0.5, 0.6) is 23.0 Å². The van der Waals surface area contributed by atoms with Crippen molar-refractivity contribution in [1.29, 1.82) is 0 Å². The molecule has 0 aromatic heterocycles. The first-order valence-corrected chi connectivity index (χ1v) is 14.4. The number of nitrogens with one attached hydrogen (secondary N) is 1. The van der Waals surface area contributed by atoms with Crippen LogP contribution in [0.3, 0.4) is 0 Å². The average Bonchev–Trinajstić information content (AvgIpc) is 3.73. The van der Waals surface area contributed by atoms with E-state index in [0.717, 1.165) is 18.4 Å². The number of aldehydes is 1. The molecule has 1 aliphatic heterocycles. The van der Waals surface area contributed by atoms with Crippen molar-refractivity contribution in [1.82, 2.24) is 10.2 Å². The highest BCUT2D eigenvalue weighted by molar-refractivity contribution is 14.1. The molecule has 0 bridgehead atoms. The highest BCUT2D eigenvalue weighted by Crippen LogP contribution is 2.39. The lowest BCUT2D eigenvalue weighted by Crippen LogP contribution is -2.55. The fourth-order valence-electron chi connectivity index (χ4n) is 5.00. The summed E-state index contributed by atoms with van der Waals surface area (Å²) in [6.45, 7) is 0.119. The molecule has 218 valence electrons. The molecule has 11 nitrogen and oxygen atoms in total. The molecular weight excluding hydrogens is 647 g/mol. The Labute approximate surface area is 250 Å². The van der Waals surface area contributed by atoms with Crippen molar-refractivity contribution in [3.8, 4) is 23.0 Å². The Kier molecular flexibility index (Phi) is 9.00. The number of carbonyl (C=O) groups excluding carboxylic acids is 3. The standard InChI is InChI=1S/C29H31IN2O9/c1-38-25-10-17(14-34)8-20(30)27(25)41-24-12-19(28(36)31-6-7-33)11-21(26(24)35)32(29(37)18-3-4-18)13-16-2-5-22-23(9-16)40-15-39-22/h2,5,8-10,12,14,18,21,24,26,33,35H,3-4,6-7,11,13,15H2,1H3,(H,31,36). The number of fused-ring (bicyclic) bond motifs is 1. The first-order valence-electron chi connectivity index (χ1n) is 13.3. The molecule has 0 spiro atoms. The van der Waals surface area contributed by atoms with E-state index in [9.17, 15) is 24.6 Å². The van der Waals surface area contributed by atoms with Gasteiger partial charge in [0.15, 0.2) is 23.0 Å². The minimum atomic E-state index is -1.20. The molecule has 3 aliphatic rings. The minimum Gasteiger partial charge on any atom is -0.493 e. The van der Waals surface area contributed by atoms with Gasteiger partial charge in [0.25, 0.3) is 0 Å². The van der Waals surface area contributed by atoms with Gasteiger partial charge in [-0.25, -0.2) is 0 Å². The van der Waals surface area contributed by atoms with Crippen LogP contribution >= 0.6 is 22.6 Å². The lowest BCUT2D eigenvalue weighted by molar-refractivity contribution is -0.140. The number of rotatable bonds is 11. The molecule has 5 rings (SSSR count). The summed E-state index contributed by atoms with van der Waals surface area (Å²) in [7, 11) is 1.44. The number of methoxy groups -OCH3 is 1. The second kappa shape index (κ2) is 12.7. The molecule has 0 saturated heterocycles. The predicted molar refractivity (Wildman–Crippen MR) is 154 cm³/mol. The van der Waals surface area contributed by atoms with Crippen molar-refractivity contribution in [2.45, 2.75) is 44.1 Å². The summed E-state index contributed by atoms with van der Waals surface area (Å²) in [6, 6.07) is 7.79. The highest BCUT2D eigenvalue weighted by atomic mass is 127.